The van der Waals surface area contributed by atoms with Gasteiger partial charge < -0.3 is 14.4 Å². The lowest BCUT2D eigenvalue weighted by molar-refractivity contribution is 0.0978. The first-order valence-corrected chi connectivity index (χ1v) is 6.24. The van der Waals surface area contributed by atoms with E-state index in [1.807, 2.05) is 20.2 Å². The Morgan fingerprint density at radius 1 is 1.22 bits per heavy atom. The van der Waals surface area contributed by atoms with E-state index in [9.17, 15) is 4.79 Å². The minimum Gasteiger partial charge on any atom is -0.454 e. The highest BCUT2D eigenvalue weighted by molar-refractivity contribution is 5.96. The molecule has 0 saturated heterocycles. The maximum Gasteiger partial charge on any atom is 0.231 e. The van der Waals surface area contributed by atoms with Crippen LogP contribution in [0.4, 0.5) is 0 Å². The molecule has 18 heavy (non-hydrogen) atoms. The Balaban J connectivity index is 1.85. The first-order chi connectivity index (χ1) is 8.66. The van der Waals surface area contributed by atoms with Crippen molar-refractivity contribution in [2.75, 3.05) is 27.4 Å². The molecule has 2 rings (SSSR count). The van der Waals surface area contributed by atoms with Crippen molar-refractivity contribution in [3.63, 3.8) is 0 Å². The van der Waals surface area contributed by atoms with Crippen molar-refractivity contribution in [1.29, 1.82) is 0 Å². The third kappa shape index (κ3) is 3.23. The Hall–Kier alpha value is -1.55. The molecule has 0 fully saturated rings. The summed E-state index contributed by atoms with van der Waals surface area (Å²) in [6, 6.07) is 5.38. The van der Waals surface area contributed by atoms with Gasteiger partial charge in [0.05, 0.1) is 0 Å². The standard InChI is InChI=1S/C14H19NO3/c1-15(2)8-4-3-5-12(16)11-6-7-13-14(9-11)18-10-17-13/h6-7,9H,3-5,8,10H2,1-2H3. The summed E-state index contributed by atoms with van der Waals surface area (Å²) in [5.74, 6) is 1.57. The summed E-state index contributed by atoms with van der Waals surface area (Å²) in [7, 11) is 4.08. The number of fused-ring (bicyclic) bond motifs is 1. The minimum atomic E-state index is 0.173. The maximum absolute atomic E-state index is 12.0. The Kier molecular flexibility index (Phi) is 4.20. The van der Waals surface area contributed by atoms with Crippen LogP contribution in [0.2, 0.25) is 0 Å². The summed E-state index contributed by atoms with van der Waals surface area (Å²) in [4.78, 5) is 14.1. The summed E-state index contributed by atoms with van der Waals surface area (Å²) >= 11 is 0. The van der Waals surface area contributed by atoms with Crippen LogP contribution in [0.3, 0.4) is 0 Å². The molecule has 0 aliphatic carbocycles. The van der Waals surface area contributed by atoms with Crippen molar-refractivity contribution >= 4 is 5.78 Å². The number of carbonyl (C=O) groups excluding carboxylic acids is 1. The molecule has 1 aromatic rings. The third-order valence-electron chi connectivity index (χ3n) is 2.95. The average molecular weight is 249 g/mol. The third-order valence-corrected chi connectivity index (χ3v) is 2.95. The van der Waals surface area contributed by atoms with Crippen LogP contribution >= 0.6 is 0 Å². The van der Waals surface area contributed by atoms with E-state index in [1.165, 1.54) is 0 Å². The number of ketones is 1. The molecule has 1 heterocycles. The van der Waals surface area contributed by atoms with Gasteiger partial charge in [-0.2, -0.15) is 0 Å². The Labute approximate surface area is 107 Å². The van der Waals surface area contributed by atoms with Crippen LogP contribution in [0.15, 0.2) is 18.2 Å². The van der Waals surface area contributed by atoms with Crippen LogP contribution in [0, 0.1) is 0 Å². The van der Waals surface area contributed by atoms with E-state index in [-0.39, 0.29) is 12.6 Å². The number of benzene rings is 1. The molecule has 0 bridgehead atoms. The Bertz CT molecular complexity index is 429. The molecule has 4 heteroatoms. The maximum atomic E-state index is 12.0. The molecule has 0 aromatic heterocycles. The summed E-state index contributed by atoms with van der Waals surface area (Å²) in [5, 5.41) is 0. The van der Waals surface area contributed by atoms with Gasteiger partial charge in [0.15, 0.2) is 17.3 Å². The van der Waals surface area contributed by atoms with Crippen molar-refractivity contribution in [3.8, 4) is 11.5 Å². The second-order valence-electron chi connectivity index (χ2n) is 4.75. The summed E-state index contributed by atoms with van der Waals surface area (Å²) in [6.45, 7) is 1.27. The molecule has 0 unspecified atom stereocenters. The minimum absolute atomic E-state index is 0.173. The number of rotatable bonds is 6. The number of carbonyl (C=O) groups is 1. The van der Waals surface area contributed by atoms with Crippen molar-refractivity contribution in [2.45, 2.75) is 19.3 Å². The van der Waals surface area contributed by atoms with Gasteiger partial charge in [0, 0.05) is 12.0 Å². The first-order valence-electron chi connectivity index (χ1n) is 6.24. The molecular formula is C14H19NO3. The molecule has 1 aliphatic rings. The summed E-state index contributed by atoms with van der Waals surface area (Å²) in [6.07, 6.45) is 2.56. The quantitative estimate of drug-likeness (QED) is 0.573. The van der Waals surface area contributed by atoms with Crippen LogP contribution in [-0.2, 0) is 0 Å². The Morgan fingerprint density at radius 3 is 2.78 bits per heavy atom. The summed E-state index contributed by atoms with van der Waals surface area (Å²) in [5.41, 5.74) is 0.712. The van der Waals surface area contributed by atoms with Gasteiger partial charge in [-0.1, -0.05) is 0 Å². The zero-order valence-electron chi connectivity index (χ0n) is 10.9. The molecular weight excluding hydrogens is 230 g/mol. The van der Waals surface area contributed by atoms with Gasteiger partial charge in [0.25, 0.3) is 0 Å². The van der Waals surface area contributed by atoms with E-state index in [2.05, 4.69) is 4.90 Å². The van der Waals surface area contributed by atoms with Gasteiger partial charge in [-0.15, -0.1) is 0 Å². The highest BCUT2D eigenvalue weighted by Crippen LogP contribution is 2.32. The zero-order chi connectivity index (χ0) is 13.0. The highest BCUT2D eigenvalue weighted by Gasteiger charge is 2.15. The molecule has 0 atom stereocenters. The molecule has 4 nitrogen and oxygen atoms in total. The van der Waals surface area contributed by atoms with E-state index < -0.39 is 0 Å². The fourth-order valence-corrected chi connectivity index (χ4v) is 1.93. The first kappa shape index (κ1) is 12.9. The molecule has 0 radical (unpaired) electrons. The van der Waals surface area contributed by atoms with Gasteiger partial charge in [-0.25, -0.2) is 0 Å². The van der Waals surface area contributed by atoms with Gasteiger partial charge >= 0.3 is 0 Å². The van der Waals surface area contributed by atoms with Crippen LogP contribution in [0.25, 0.3) is 0 Å². The highest BCUT2D eigenvalue weighted by atomic mass is 16.7. The molecule has 0 amide bonds. The van der Waals surface area contributed by atoms with E-state index in [4.69, 9.17) is 9.47 Å². The largest absolute Gasteiger partial charge is 0.454 e. The van der Waals surface area contributed by atoms with E-state index in [1.54, 1.807) is 12.1 Å². The number of hydrogen-bond acceptors (Lipinski definition) is 4. The Morgan fingerprint density at radius 2 is 2.00 bits per heavy atom. The second-order valence-corrected chi connectivity index (χ2v) is 4.75. The molecule has 0 N–H and O–H groups in total. The van der Waals surface area contributed by atoms with Gasteiger partial charge in [-0.3, -0.25) is 4.79 Å². The lowest BCUT2D eigenvalue weighted by Crippen LogP contribution is -2.13. The van der Waals surface area contributed by atoms with Gasteiger partial charge in [-0.05, 0) is 51.7 Å². The van der Waals surface area contributed by atoms with Crippen molar-refractivity contribution in [1.82, 2.24) is 4.90 Å². The predicted molar refractivity (Wildman–Crippen MR) is 69.3 cm³/mol. The summed E-state index contributed by atoms with van der Waals surface area (Å²) < 4.78 is 10.5. The lowest BCUT2D eigenvalue weighted by Gasteiger charge is -2.08. The van der Waals surface area contributed by atoms with E-state index in [0.717, 1.165) is 25.1 Å². The van der Waals surface area contributed by atoms with Crippen molar-refractivity contribution in [2.24, 2.45) is 0 Å². The van der Waals surface area contributed by atoms with Crippen LogP contribution in [0.1, 0.15) is 29.6 Å². The molecule has 0 saturated carbocycles. The predicted octanol–water partition coefficient (Wildman–Crippen LogP) is 2.33. The lowest BCUT2D eigenvalue weighted by atomic mass is 10.0. The van der Waals surface area contributed by atoms with Crippen molar-refractivity contribution < 1.29 is 14.3 Å². The smallest absolute Gasteiger partial charge is 0.231 e. The monoisotopic (exact) mass is 249 g/mol. The van der Waals surface area contributed by atoms with E-state index >= 15 is 0 Å². The average Bonchev–Trinajstić information content (AvgIpc) is 2.81. The number of ether oxygens (including phenoxy) is 2. The SMILES string of the molecule is CN(C)CCCCC(=O)c1ccc2c(c1)OCO2. The topological polar surface area (TPSA) is 38.8 Å². The fraction of sp³-hybridized carbons (Fsp3) is 0.500. The normalized spacial score (nSPS) is 13.1. The van der Waals surface area contributed by atoms with Gasteiger partial charge in [0.1, 0.15) is 0 Å². The number of Topliss-reactive ketones (excluding diaryl/α,β-unsaturated/α-hetero) is 1. The van der Waals surface area contributed by atoms with Crippen LogP contribution < -0.4 is 9.47 Å². The van der Waals surface area contributed by atoms with Crippen LogP contribution in [-0.4, -0.2) is 38.1 Å². The molecule has 1 aromatic carbocycles. The number of unbranched alkanes of at least 4 members (excludes halogenated alkanes) is 1. The van der Waals surface area contributed by atoms with Crippen molar-refractivity contribution in [3.05, 3.63) is 23.8 Å². The van der Waals surface area contributed by atoms with Gasteiger partial charge in [0.2, 0.25) is 6.79 Å². The fourth-order valence-electron chi connectivity index (χ4n) is 1.93. The number of nitrogens with zero attached hydrogens (tertiary/aromatic N) is 1. The molecule has 1 aliphatic heterocycles. The number of hydrogen-bond donors (Lipinski definition) is 0. The second kappa shape index (κ2) is 5.87. The zero-order valence-corrected chi connectivity index (χ0v) is 10.9. The molecule has 0 spiro atoms. The van der Waals surface area contributed by atoms with E-state index in [0.29, 0.717) is 17.7 Å². The molecule has 98 valence electrons. The van der Waals surface area contributed by atoms with Crippen LogP contribution in [0.5, 0.6) is 11.5 Å².